The highest BCUT2D eigenvalue weighted by Crippen LogP contribution is 2.34. The SMILES string of the molecule is Cc1nc(C)c(Cc2ccc3c(c2)NC(=O)N(C)C3C#CC2CC2)c(=O)[nH]1.FC(F)F. The first-order chi connectivity index (χ1) is 14.7. The summed E-state index contributed by atoms with van der Waals surface area (Å²) < 4.78 is 29.0. The predicted octanol–water partition coefficient (Wildman–Crippen LogP) is 4.09. The van der Waals surface area contributed by atoms with E-state index < -0.39 is 6.68 Å². The van der Waals surface area contributed by atoms with Gasteiger partial charge in [-0.25, -0.2) is 9.78 Å². The first-order valence-corrected chi connectivity index (χ1v) is 9.82. The number of carbonyl (C=O) groups excluding carboxylic acids is 1. The summed E-state index contributed by atoms with van der Waals surface area (Å²) in [6, 6.07) is 5.52. The van der Waals surface area contributed by atoms with Crippen LogP contribution < -0.4 is 10.9 Å². The van der Waals surface area contributed by atoms with E-state index in [2.05, 4.69) is 27.1 Å². The molecule has 0 saturated heterocycles. The number of hydrogen-bond acceptors (Lipinski definition) is 3. The van der Waals surface area contributed by atoms with Crippen LogP contribution >= 0.6 is 0 Å². The number of hydrogen-bond donors (Lipinski definition) is 2. The molecular weight excluding hydrogens is 409 g/mol. The van der Waals surface area contributed by atoms with E-state index in [0.29, 0.717) is 23.7 Å². The molecule has 1 atom stereocenters. The number of aromatic amines is 1. The second-order valence-corrected chi connectivity index (χ2v) is 7.57. The van der Waals surface area contributed by atoms with Crippen LogP contribution in [0.2, 0.25) is 0 Å². The third-order valence-electron chi connectivity index (χ3n) is 5.08. The predicted molar refractivity (Wildman–Crippen MR) is 111 cm³/mol. The number of alkyl halides is 3. The number of fused-ring (bicyclic) bond motifs is 1. The van der Waals surface area contributed by atoms with Crippen molar-refractivity contribution in [1.82, 2.24) is 14.9 Å². The average molecular weight is 432 g/mol. The normalized spacial score (nSPS) is 17.2. The maximum atomic E-state index is 12.3. The summed E-state index contributed by atoms with van der Waals surface area (Å²) in [4.78, 5) is 33.3. The minimum atomic E-state index is -3.67. The standard InChI is InChI=1S/C21H22N4O2.CHF3/c1-12-17(20(26)23-13(2)22-12)10-15-6-8-16-18(11-15)24-21(27)25(3)19(16)9-7-14-4-5-14;2-1(3)4/h6,8,11,14,19H,4-5,10H2,1-3H3,(H,24,27)(H,22,23,26);1H. The topological polar surface area (TPSA) is 78.1 Å². The van der Waals surface area contributed by atoms with Gasteiger partial charge in [-0.15, -0.1) is 0 Å². The Morgan fingerprint density at radius 3 is 2.48 bits per heavy atom. The molecule has 2 amide bonds. The fourth-order valence-electron chi connectivity index (χ4n) is 3.35. The molecule has 164 valence electrons. The Morgan fingerprint density at radius 2 is 1.87 bits per heavy atom. The first-order valence-electron chi connectivity index (χ1n) is 9.82. The third-order valence-corrected chi connectivity index (χ3v) is 5.08. The zero-order valence-corrected chi connectivity index (χ0v) is 17.4. The maximum Gasteiger partial charge on any atom is 0.379 e. The second-order valence-electron chi connectivity index (χ2n) is 7.57. The van der Waals surface area contributed by atoms with Crippen molar-refractivity contribution in [1.29, 1.82) is 0 Å². The van der Waals surface area contributed by atoms with Gasteiger partial charge in [-0.2, -0.15) is 13.2 Å². The Balaban J connectivity index is 0.000000628. The number of anilines is 1. The van der Waals surface area contributed by atoms with Gasteiger partial charge in [0.2, 0.25) is 0 Å². The molecule has 4 rings (SSSR count). The van der Waals surface area contributed by atoms with E-state index in [-0.39, 0.29) is 17.6 Å². The minimum absolute atomic E-state index is 0.116. The summed E-state index contributed by atoms with van der Waals surface area (Å²) in [5.74, 6) is 7.62. The molecule has 2 heterocycles. The van der Waals surface area contributed by atoms with E-state index in [1.807, 2.05) is 25.1 Å². The molecule has 31 heavy (non-hydrogen) atoms. The number of H-pyrrole nitrogens is 1. The molecule has 0 spiro atoms. The molecule has 1 aliphatic carbocycles. The summed E-state index contributed by atoms with van der Waals surface area (Å²) in [6.07, 6.45) is 2.77. The van der Waals surface area contributed by atoms with Gasteiger partial charge >= 0.3 is 12.7 Å². The quantitative estimate of drug-likeness (QED) is 0.702. The van der Waals surface area contributed by atoms with E-state index in [9.17, 15) is 22.8 Å². The van der Waals surface area contributed by atoms with Crippen LogP contribution in [0.1, 0.15) is 47.1 Å². The molecule has 1 saturated carbocycles. The van der Waals surface area contributed by atoms with Crippen molar-refractivity contribution < 1.29 is 18.0 Å². The molecule has 0 bridgehead atoms. The van der Waals surface area contributed by atoms with E-state index in [0.717, 1.165) is 35.3 Å². The number of nitrogens with zero attached hydrogens (tertiary/aromatic N) is 2. The number of aryl methyl sites for hydroxylation is 2. The van der Waals surface area contributed by atoms with E-state index in [1.54, 1.807) is 18.9 Å². The van der Waals surface area contributed by atoms with E-state index >= 15 is 0 Å². The molecule has 9 heteroatoms. The molecule has 1 unspecified atom stereocenters. The van der Waals surface area contributed by atoms with Gasteiger partial charge in [-0.05, 0) is 38.3 Å². The third kappa shape index (κ3) is 5.66. The zero-order valence-electron chi connectivity index (χ0n) is 17.4. The highest BCUT2D eigenvalue weighted by atomic mass is 19.4. The van der Waals surface area contributed by atoms with Gasteiger partial charge in [0.15, 0.2) is 0 Å². The van der Waals surface area contributed by atoms with Gasteiger partial charge in [0, 0.05) is 41.9 Å². The van der Waals surface area contributed by atoms with Crippen LogP contribution in [-0.2, 0) is 6.42 Å². The van der Waals surface area contributed by atoms with E-state index in [4.69, 9.17) is 0 Å². The van der Waals surface area contributed by atoms with Crippen molar-refractivity contribution in [2.24, 2.45) is 5.92 Å². The lowest BCUT2D eigenvalue weighted by molar-refractivity contribution is 0.00819. The zero-order chi connectivity index (χ0) is 22.7. The average Bonchev–Trinajstić information content (AvgIpc) is 3.49. The Labute approximate surface area is 177 Å². The summed E-state index contributed by atoms with van der Waals surface area (Å²) in [6.45, 7) is -0.0534. The summed E-state index contributed by atoms with van der Waals surface area (Å²) in [5, 5.41) is 2.93. The van der Waals surface area contributed by atoms with Crippen LogP contribution in [0, 0.1) is 31.6 Å². The first kappa shape index (κ1) is 22.4. The molecular formula is C22H23F3N4O2. The number of rotatable bonds is 2. The van der Waals surface area contributed by atoms with Crippen LogP contribution in [0.4, 0.5) is 23.7 Å². The van der Waals surface area contributed by atoms with Crippen molar-refractivity contribution >= 4 is 11.7 Å². The summed E-state index contributed by atoms with van der Waals surface area (Å²) in [7, 11) is 1.76. The van der Waals surface area contributed by atoms with Gasteiger partial charge in [0.05, 0.1) is 0 Å². The van der Waals surface area contributed by atoms with Gasteiger partial charge < -0.3 is 15.2 Å². The van der Waals surface area contributed by atoms with Crippen molar-refractivity contribution in [2.45, 2.75) is 45.8 Å². The van der Waals surface area contributed by atoms with Gasteiger partial charge in [0.25, 0.3) is 5.56 Å². The fourth-order valence-corrected chi connectivity index (χ4v) is 3.35. The summed E-state index contributed by atoms with van der Waals surface area (Å²) in [5.41, 5.74) is 3.96. The number of aromatic nitrogens is 2. The minimum Gasteiger partial charge on any atom is -0.311 e. The lowest BCUT2D eigenvalue weighted by atomic mass is 9.96. The largest absolute Gasteiger partial charge is 0.379 e. The second kappa shape index (κ2) is 9.25. The molecule has 1 fully saturated rings. The molecule has 1 aromatic heterocycles. The molecule has 2 aliphatic rings. The highest BCUT2D eigenvalue weighted by Gasteiger charge is 2.29. The Hall–Kier alpha value is -3.28. The number of urea groups is 1. The molecule has 1 aromatic carbocycles. The van der Waals surface area contributed by atoms with Crippen LogP contribution in [-0.4, -0.2) is 34.6 Å². The van der Waals surface area contributed by atoms with Crippen molar-refractivity contribution in [3.8, 4) is 11.8 Å². The number of amides is 2. The van der Waals surface area contributed by atoms with Gasteiger partial charge in [0.1, 0.15) is 11.9 Å². The molecule has 2 N–H and O–H groups in total. The van der Waals surface area contributed by atoms with Crippen molar-refractivity contribution in [2.75, 3.05) is 12.4 Å². The van der Waals surface area contributed by atoms with Gasteiger partial charge in [-0.1, -0.05) is 24.0 Å². The number of carbonyl (C=O) groups is 1. The molecule has 0 radical (unpaired) electrons. The van der Waals surface area contributed by atoms with Crippen molar-refractivity contribution in [3.63, 3.8) is 0 Å². The Bertz CT molecular complexity index is 1100. The summed E-state index contributed by atoms with van der Waals surface area (Å²) >= 11 is 0. The van der Waals surface area contributed by atoms with Crippen LogP contribution in [0.25, 0.3) is 0 Å². The lowest BCUT2D eigenvalue weighted by Gasteiger charge is -2.32. The highest BCUT2D eigenvalue weighted by molar-refractivity contribution is 5.93. The monoisotopic (exact) mass is 432 g/mol. The molecule has 6 nitrogen and oxygen atoms in total. The fraction of sp³-hybridized carbons (Fsp3) is 0.409. The number of halogens is 3. The maximum absolute atomic E-state index is 12.3. The van der Waals surface area contributed by atoms with Crippen molar-refractivity contribution in [3.05, 3.63) is 56.8 Å². The Morgan fingerprint density at radius 1 is 1.19 bits per heavy atom. The molecule has 1 aliphatic heterocycles. The molecule has 2 aromatic rings. The lowest BCUT2D eigenvalue weighted by Crippen LogP contribution is -2.39. The van der Waals surface area contributed by atoms with E-state index in [1.165, 1.54) is 0 Å². The smallest absolute Gasteiger partial charge is 0.311 e. The van der Waals surface area contributed by atoms with Gasteiger partial charge in [-0.3, -0.25) is 4.79 Å². The van der Waals surface area contributed by atoms with Crippen LogP contribution in [0.5, 0.6) is 0 Å². The number of nitrogens with one attached hydrogen (secondary N) is 2. The van der Waals surface area contributed by atoms with Crippen LogP contribution in [0.15, 0.2) is 23.0 Å². The van der Waals surface area contributed by atoms with Crippen LogP contribution in [0.3, 0.4) is 0 Å². The Kier molecular flexibility index (Phi) is 6.68. The number of benzene rings is 1.